The van der Waals surface area contributed by atoms with Crippen molar-refractivity contribution in [2.24, 2.45) is 0 Å². The van der Waals surface area contributed by atoms with Gasteiger partial charge in [0.25, 0.3) is 0 Å². The highest BCUT2D eigenvalue weighted by molar-refractivity contribution is 6.42. The van der Waals surface area contributed by atoms with Crippen molar-refractivity contribution in [3.05, 3.63) is 63.6 Å². The number of para-hydroxylation sites is 1. The lowest BCUT2D eigenvalue weighted by Crippen LogP contribution is -2.11. The van der Waals surface area contributed by atoms with Gasteiger partial charge < -0.3 is 10.4 Å². The molecule has 0 bridgehead atoms. The molecule has 0 aliphatic rings. The number of halogens is 2. The van der Waals surface area contributed by atoms with E-state index < -0.39 is 5.97 Å². The van der Waals surface area contributed by atoms with Gasteiger partial charge >= 0.3 is 5.97 Å². The molecule has 0 spiro atoms. The molecule has 104 valence electrons. The number of carboxylic acids is 1. The Bertz CT molecular complexity index is 644. The van der Waals surface area contributed by atoms with Crippen molar-refractivity contribution >= 4 is 34.9 Å². The summed E-state index contributed by atoms with van der Waals surface area (Å²) < 4.78 is 0. The van der Waals surface area contributed by atoms with Crippen LogP contribution in [0.1, 0.15) is 28.9 Å². The first kappa shape index (κ1) is 14.7. The second-order valence-electron chi connectivity index (χ2n) is 4.36. The van der Waals surface area contributed by atoms with Gasteiger partial charge in [0.15, 0.2) is 0 Å². The number of carboxylic acid groups (broad SMARTS) is 1. The van der Waals surface area contributed by atoms with Gasteiger partial charge in [0.1, 0.15) is 0 Å². The fraction of sp³-hybridized carbons (Fsp3) is 0.133. The number of hydrogen-bond acceptors (Lipinski definition) is 2. The van der Waals surface area contributed by atoms with Crippen LogP contribution in [0.4, 0.5) is 5.69 Å². The number of carbonyl (C=O) groups is 1. The lowest BCUT2D eigenvalue weighted by Gasteiger charge is -2.18. The summed E-state index contributed by atoms with van der Waals surface area (Å²) in [6, 6.07) is 12.0. The summed E-state index contributed by atoms with van der Waals surface area (Å²) in [6.07, 6.45) is 0. The molecule has 20 heavy (non-hydrogen) atoms. The molecule has 2 rings (SSSR count). The molecular weight excluding hydrogens is 297 g/mol. The normalized spacial score (nSPS) is 11.9. The molecule has 0 aliphatic heterocycles. The summed E-state index contributed by atoms with van der Waals surface area (Å²) in [7, 11) is 0. The van der Waals surface area contributed by atoms with E-state index in [1.54, 1.807) is 30.3 Å². The molecule has 0 saturated carbocycles. The molecule has 2 aromatic rings. The minimum absolute atomic E-state index is 0.165. The van der Waals surface area contributed by atoms with Gasteiger partial charge in [0.05, 0.1) is 21.7 Å². The fourth-order valence-corrected chi connectivity index (χ4v) is 2.43. The van der Waals surface area contributed by atoms with E-state index in [2.05, 4.69) is 5.32 Å². The van der Waals surface area contributed by atoms with Crippen molar-refractivity contribution in [3.63, 3.8) is 0 Å². The molecule has 1 atom stereocenters. The molecule has 1 unspecified atom stereocenters. The van der Waals surface area contributed by atoms with E-state index in [-0.39, 0.29) is 11.6 Å². The zero-order valence-electron chi connectivity index (χ0n) is 10.7. The van der Waals surface area contributed by atoms with E-state index in [1.165, 1.54) is 0 Å². The predicted molar refractivity (Wildman–Crippen MR) is 81.9 cm³/mol. The van der Waals surface area contributed by atoms with Crippen molar-refractivity contribution in [2.45, 2.75) is 13.0 Å². The van der Waals surface area contributed by atoms with E-state index >= 15 is 0 Å². The third-order valence-electron chi connectivity index (χ3n) is 2.98. The fourth-order valence-electron chi connectivity index (χ4n) is 1.96. The van der Waals surface area contributed by atoms with Gasteiger partial charge in [-0.25, -0.2) is 4.79 Å². The lowest BCUT2D eigenvalue weighted by molar-refractivity contribution is 0.0698. The Morgan fingerprint density at radius 2 is 1.85 bits per heavy atom. The molecular formula is C15H13Cl2NO2. The van der Waals surface area contributed by atoms with Crippen LogP contribution in [-0.4, -0.2) is 11.1 Å². The number of benzene rings is 2. The van der Waals surface area contributed by atoms with Crippen LogP contribution in [0.5, 0.6) is 0 Å². The summed E-state index contributed by atoms with van der Waals surface area (Å²) in [6.45, 7) is 1.90. The standard InChI is InChI=1S/C15H13Cl2NO2/c1-9(10-6-4-7-12(16)14(10)17)18-13-8-3-2-5-11(13)15(19)20/h2-9,18H,1H3,(H,19,20). The van der Waals surface area contributed by atoms with Crippen LogP contribution in [-0.2, 0) is 0 Å². The number of nitrogens with one attached hydrogen (secondary N) is 1. The Morgan fingerprint density at radius 3 is 2.55 bits per heavy atom. The minimum atomic E-state index is -0.975. The number of aromatic carboxylic acids is 1. The smallest absolute Gasteiger partial charge is 0.337 e. The maximum Gasteiger partial charge on any atom is 0.337 e. The SMILES string of the molecule is CC(Nc1ccccc1C(=O)O)c1cccc(Cl)c1Cl. The third kappa shape index (κ3) is 3.06. The van der Waals surface area contributed by atoms with Gasteiger partial charge in [0.2, 0.25) is 0 Å². The van der Waals surface area contributed by atoms with Crippen molar-refractivity contribution in [3.8, 4) is 0 Å². The van der Waals surface area contributed by atoms with Gasteiger partial charge in [-0.05, 0) is 30.7 Å². The maximum absolute atomic E-state index is 11.2. The van der Waals surface area contributed by atoms with E-state index in [0.717, 1.165) is 5.56 Å². The monoisotopic (exact) mass is 309 g/mol. The highest BCUT2D eigenvalue weighted by atomic mass is 35.5. The zero-order valence-corrected chi connectivity index (χ0v) is 12.2. The summed E-state index contributed by atoms with van der Waals surface area (Å²) in [5.74, 6) is -0.975. The highest BCUT2D eigenvalue weighted by Gasteiger charge is 2.15. The van der Waals surface area contributed by atoms with Crippen LogP contribution >= 0.6 is 23.2 Å². The third-order valence-corrected chi connectivity index (χ3v) is 3.81. The minimum Gasteiger partial charge on any atom is -0.478 e. The summed E-state index contributed by atoms with van der Waals surface area (Å²) >= 11 is 12.2. The quantitative estimate of drug-likeness (QED) is 0.847. The number of anilines is 1. The Hall–Kier alpha value is -1.71. The first-order chi connectivity index (χ1) is 9.50. The van der Waals surface area contributed by atoms with Gasteiger partial charge in [0, 0.05) is 5.69 Å². The second kappa shape index (κ2) is 6.16. The molecule has 0 fully saturated rings. The number of rotatable bonds is 4. The van der Waals surface area contributed by atoms with Gasteiger partial charge in [-0.15, -0.1) is 0 Å². The molecule has 0 aliphatic carbocycles. The van der Waals surface area contributed by atoms with Crippen LogP contribution in [0.25, 0.3) is 0 Å². The van der Waals surface area contributed by atoms with E-state index in [4.69, 9.17) is 28.3 Å². The predicted octanol–water partition coefficient (Wildman–Crippen LogP) is 4.86. The molecule has 0 saturated heterocycles. The Morgan fingerprint density at radius 1 is 1.15 bits per heavy atom. The largest absolute Gasteiger partial charge is 0.478 e. The van der Waals surface area contributed by atoms with Crippen molar-refractivity contribution in [1.29, 1.82) is 0 Å². The average molecular weight is 310 g/mol. The van der Waals surface area contributed by atoms with Gasteiger partial charge in [-0.1, -0.05) is 47.5 Å². The van der Waals surface area contributed by atoms with Crippen molar-refractivity contribution in [2.75, 3.05) is 5.32 Å². The van der Waals surface area contributed by atoms with E-state index in [1.807, 2.05) is 19.1 Å². The van der Waals surface area contributed by atoms with Gasteiger partial charge in [-0.2, -0.15) is 0 Å². The first-order valence-corrected chi connectivity index (χ1v) is 6.79. The molecule has 3 nitrogen and oxygen atoms in total. The second-order valence-corrected chi connectivity index (χ2v) is 5.14. The molecule has 0 heterocycles. The van der Waals surface area contributed by atoms with Gasteiger partial charge in [-0.3, -0.25) is 0 Å². The van der Waals surface area contributed by atoms with Crippen LogP contribution in [0, 0.1) is 0 Å². The molecule has 0 radical (unpaired) electrons. The summed E-state index contributed by atoms with van der Waals surface area (Å²) in [5.41, 5.74) is 1.58. The average Bonchev–Trinajstić information content (AvgIpc) is 2.42. The Labute approximate surface area is 127 Å². The Balaban J connectivity index is 2.30. The van der Waals surface area contributed by atoms with Crippen LogP contribution in [0.2, 0.25) is 10.0 Å². The zero-order chi connectivity index (χ0) is 14.7. The number of hydrogen-bond donors (Lipinski definition) is 2. The van der Waals surface area contributed by atoms with Crippen LogP contribution < -0.4 is 5.32 Å². The molecule has 2 N–H and O–H groups in total. The van der Waals surface area contributed by atoms with Crippen molar-refractivity contribution in [1.82, 2.24) is 0 Å². The molecule has 2 aromatic carbocycles. The molecule has 5 heteroatoms. The van der Waals surface area contributed by atoms with E-state index in [0.29, 0.717) is 15.7 Å². The Kier molecular flexibility index (Phi) is 4.53. The molecule has 0 aromatic heterocycles. The maximum atomic E-state index is 11.2. The lowest BCUT2D eigenvalue weighted by atomic mass is 10.1. The molecule has 0 amide bonds. The van der Waals surface area contributed by atoms with Crippen LogP contribution in [0.3, 0.4) is 0 Å². The summed E-state index contributed by atoms with van der Waals surface area (Å²) in [5, 5.41) is 13.3. The first-order valence-electron chi connectivity index (χ1n) is 6.03. The van der Waals surface area contributed by atoms with Crippen LogP contribution in [0.15, 0.2) is 42.5 Å². The topological polar surface area (TPSA) is 49.3 Å². The van der Waals surface area contributed by atoms with Crippen molar-refractivity contribution < 1.29 is 9.90 Å². The highest BCUT2D eigenvalue weighted by Crippen LogP contribution is 2.32. The summed E-state index contributed by atoms with van der Waals surface area (Å²) in [4.78, 5) is 11.2. The van der Waals surface area contributed by atoms with E-state index in [9.17, 15) is 4.79 Å².